The first kappa shape index (κ1) is 9.51. The molecule has 1 heterocycles. The van der Waals surface area contributed by atoms with Gasteiger partial charge < -0.3 is 9.67 Å². The zero-order chi connectivity index (χ0) is 10.8. The van der Waals surface area contributed by atoms with Crippen molar-refractivity contribution in [1.82, 2.24) is 14.5 Å². The fourth-order valence-electron chi connectivity index (χ4n) is 1.41. The van der Waals surface area contributed by atoms with Gasteiger partial charge in [0.1, 0.15) is 6.67 Å². The molecule has 1 amide bonds. The molecule has 0 radical (unpaired) electrons. The summed E-state index contributed by atoms with van der Waals surface area (Å²) in [7, 11) is 1.52. The van der Waals surface area contributed by atoms with Gasteiger partial charge in [-0.15, -0.1) is 0 Å². The van der Waals surface area contributed by atoms with E-state index in [-0.39, 0.29) is 6.67 Å². The summed E-state index contributed by atoms with van der Waals surface area (Å²) in [5.74, 6) is 0. The van der Waals surface area contributed by atoms with Crippen molar-refractivity contribution in [2.75, 3.05) is 7.05 Å². The molecule has 0 aliphatic heterocycles. The van der Waals surface area contributed by atoms with Gasteiger partial charge in [-0.1, -0.05) is 12.1 Å². The molecule has 0 aliphatic rings. The monoisotopic (exact) mass is 205 g/mol. The summed E-state index contributed by atoms with van der Waals surface area (Å²) < 4.78 is 1.80. The van der Waals surface area contributed by atoms with Crippen molar-refractivity contribution in [3.8, 4) is 0 Å². The van der Waals surface area contributed by atoms with Gasteiger partial charge in [-0.3, -0.25) is 4.90 Å². The van der Waals surface area contributed by atoms with E-state index in [0.717, 1.165) is 11.0 Å². The van der Waals surface area contributed by atoms with Gasteiger partial charge in [0.2, 0.25) is 0 Å². The molecule has 5 heteroatoms. The molecular formula is C10H11N3O2. The lowest BCUT2D eigenvalue weighted by Gasteiger charge is -2.13. The highest BCUT2D eigenvalue weighted by Gasteiger charge is 2.07. The van der Waals surface area contributed by atoms with Crippen LogP contribution in [0.5, 0.6) is 0 Å². The van der Waals surface area contributed by atoms with Crippen LogP contribution in [0.25, 0.3) is 11.0 Å². The van der Waals surface area contributed by atoms with Gasteiger partial charge in [0.25, 0.3) is 0 Å². The lowest BCUT2D eigenvalue weighted by Crippen LogP contribution is -2.26. The molecule has 78 valence electrons. The van der Waals surface area contributed by atoms with Gasteiger partial charge in [0.15, 0.2) is 0 Å². The minimum atomic E-state index is -0.951. The van der Waals surface area contributed by atoms with E-state index in [1.807, 2.05) is 24.3 Å². The smallest absolute Gasteiger partial charge is 0.408 e. The summed E-state index contributed by atoms with van der Waals surface area (Å²) in [6.07, 6.45) is 0.692. The quantitative estimate of drug-likeness (QED) is 0.810. The predicted molar refractivity (Wildman–Crippen MR) is 55.5 cm³/mol. The first-order valence-electron chi connectivity index (χ1n) is 4.52. The number of para-hydroxylation sites is 2. The van der Waals surface area contributed by atoms with Crippen molar-refractivity contribution in [2.24, 2.45) is 0 Å². The third-order valence-corrected chi connectivity index (χ3v) is 2.22. The third-order valence-electron chi connectivity index (χ3n) is 2.22. The molecule has 0 unspecified atom stereocenters. The molecule has 1 aromatic carbocycles. The minimum absolute atomic E-state index is 0.288. The third kappa shape index (κ3) is 1.76. The zero-order valence-electron chi connectivity index (χ0n) is 8.29. The molecule has 1 N–H and O–H groups in total. The fraction of sp³-hybridized carbons (Fsp3) is 0.200. The summed E-state index contributed by atoms with van der Waals surface area (Å²) in [5, 5.41) is 8.75. The topological polar surface area (TPSA) is 58.4 Å². The second kappa shape index (κ2) is 3.61. The summed E-state index contributed by atoms with van der Waals surface area (Å²) in [4.78, 5) is 16.0. The Morgan fingerprint density at radius 3 is 3.00 bits per heavy atom. The second-order valence-electron chi connectivity index (χ2n) is 3.33. The molecule has 5 nitrogen and oxygen atoms in total. The Kier molecular flexibility index (Phi) is 2.29. The Labute approximate surface area is 86.6 Å². The van der Waals surface area contributed by atoms with Crippen LogP contribution in [0.15, 0.2) is 30.6 Å². The highest BCUT2D eigenvalue weighted by molar-refractivity contribution is 5.75. The number of fused-ring (bicyclic) bond motifs is 1. The molecule has 1 aromatic heterocycles. The van der Waals surface area contributed by atoms with Gasteiger partial charge in [0, 0.05) is 7.05 Å². The van der Waals surface area contributed by atoms with Crippen molar-refractivity contribution >= 4 is 17.1 Å². The van der Waals surface area contributed by atoms with E-state index < -0.39 is 6.09 Å². The van der Waals surface area contributed by atoms with E-state index in [1.165, 1.54) is 11.9 Å². The summed E-state index contributed by atoms with van der Waals surface area (Å²) in [6.45, 7) is 0.288. The highest BCUT2D eigenvalue weighted by Crippen LogP contribution is 2.11. The van der Waals surface area contributed by atoms with Crippen LogP contribution in [-0.4, -0.2) is 32.7 Å². The molecule has 0 aliphatic carbocycles. The van der Waals surface area contributed by atoms with E-state index in [4.69, 9.17) is 5.11 Å². The van der Waals surface area contributed by atoms with E-state index in [1.54, 1.807) is 10.9 Å². The predicted octanol–water partition coefficient (Wildman–Crippen LogP) is 1.60. The lowest BCUT2D eigenvalue weighted by atomic mass is 10.3. The van der Waals surface area contributed by atoms with Crippen LogP contribution < -0.4 is 0 Å². The molecule has 15 heavy (non-hydrogen) atoms. The number of benzene rings is 1. The van der Waals surface area contributed by atoms with Gasteiger partial charge in [0.05, 0.1) is 17.4 Å². The number of rotatable bonds is 2. The average Bonchev–Trinajstić information content (AvgIpc) is 2.62. The summed E-state index contributed by atoms with van der Waals surface area (Å²) in [5.41, 5.74) is 1.81. The Balaban J connectivity index is 2.32. The Morgan fingerprint density at radius 1 is 1.53 bits per heavy atom. The molecule has 0 bridgehead atoms. The van der Waals surface area contributed by atoms with Crippen molar-refractivity contribution in [2.45, 2.75) is 6.67 Å². The van der Waals surface area contributed by atoms with E-state index in [9.17, 15) is 4.79 Å². The average molecular weight is 205 g/mol. The maximum atomic E-state index is 10.7. The molecule has 2 rings (SSSR count). The number of nitrogens with zero attached hydrogens (tertiary/aromatic N) is 3. The van der Waals surface area contributed by atoms with Gasteiger partial charge in [-0.2, -0.15) is 0 Å². The van der Waals surface area contributed by atoms with E-state index in [2.05, 4.69) is 4.98 Å². The van der Waals surface area contributed by atoms with Crippen molar-refractivity contribution in [3.63, 3.8) is 0 Å². The molecule has 0 saturated heterocycles. The number of hydrogen-bond acceptors (Lipinski definition) is 2. The zero-order valence-corrected chi connectivity index (χ0v) is 8.29. The van der Waals surface area contributed by atoms with Gasteiger partial charge >= 0.3 is 6.09 Å². The summed E-state index contributed by atoms with van der Waals surface area (Å²) >= 11 is 0. The van der Waals surface area contributed by atoms with Gasteiger partial charge in [-0.05, 0) is 12.1 Å². The SMILES string of the molecule is CN(Cn1cnc2ccccc21)C(=O)O. The lowest BCUT2D eigenvalue weighted by molar-refractivity contribution is 0.145. The Bertz CT molecular complexity index is 492. The Morgan fingerprint density at radius 2 is 2.27 bits per heavy atom. The van der Waals surface area contributed by atoms with Crippen LogP contribution in [0.4, 0.5) is 4.79 Å². The molecule has 0 saturated carbocycles. The van der Waals surface area contributed by atoms with Crippen molar-refractivity contribution in [1.29, 1.82) is 0 Å². The second-order valence-corrected chi connectivity index (χ2v) is 3.33. The van der Waals surface area contributed by atoms with Crippen LogP contribution in [0.1, 0.15) is 0 Å². The maximum absolute atomic E-state index is 10.7. The molecular weight excluding hydrogens is 194 g/mol. The van der Waals surface area contributed by atoms with Crippen LogP contribution in [0.2, 0.25) is 0 Å². The molecule has 0 fully saturated rings. The fourth-order valence-corrected chi connectivity index (χ4v) is 1.41. The molecule has 2 aromatic rings. The highest BCUT2D eigenvalue weighted by atomic mass is 16.4. The van der Waals surface area contributed by atoms with Crippen LogP contribution in [0, 0.1) is 0 Å². The number of carboxylic acid groups (broad SMARTS) is 1. The first-order valence-corrected chi connectivity index (χ1v) is 4.52. The number of aromatic nitrogens is 2. The first-order chi connectivity index (χ1) is 7.18. The van der Waals surface area contributed by atoms with Gasteiger partial charge in [-0.25, -0.2) is 9.78 Å². The number of carbonyl (C=O) groups is 1. The molecule has 0 spiro atoms. The normalized spacial score (nSPS) is 10.5. The Hall–Kier alpha value is -2.04. The van der Waals surface area contributed by atoms with Crippen molar-refractivity contribution < 1.29 is 9.90 Å². The standard InChI is InChI=1S/C10H11N3O2/c1-12(10(14)15)7-13-6-11-8-4-2-3-5-9(8)13/h2-6H,7H2,1H3,(H,14,15). The number of amides is 1. The van der Waals surface area contributed by atoms with Crippen molar-refractivity contribution in [3.05, 3.63) is 30.6 Å². The van der Waals surface area contributed by atoms with E-state index in [0.29, 0.717) is 0 Å². The van der Waals surface area contributed by atoms with Crippen LogP contribution in [0.3, 0.4) is 0 Å². The van der Waals surface area contributed by atoms with Crippen LogP contribution >= 0.6 is 0 Å². The number of hydrogen-bond donors (Lipinski definition) is 1. The largest absolute Gasteiger partial charge is 0.465 e. The number of imidazole rings is 1. The van der Waals surface area contributed by atoms with Crippen LogP contribution in [-0.2, 0) is 6.67 Å². The maximum Gasteiger partial charge on any atom is 0.408 e. The minimum Gasteiger partial charge on any atom is -0.465 e. The van der Waals surface area contributed by atoms with E-state index >= 15 is 0 Å². The molecule has 0 atom stereocenters. The summed E-state index contributed by atoms with van der Waals surface area (Å²) in [6, 6.07) is 7.62.